The molecule has 31 heavy (non-hydrogen) atoms. The van der Waals surface area contributed by atoms with Crippen molar-refractivity contribution in [1.29, 1.82) is 0 Å². The Balaban J connectivity index is 1.94. The molecule has 0 radical (unpaired) electrons. The fourth-order valence-electron chi connectivity index (χ4n) is 4.71. The van der Waals surface area contributed by atoms with Crippen molar-refractivity contribution in [2.24, 2.45) is 0 Å². The van der Waals surface area contributed by atoms with E-state index in [2.05, 4.69) is 125 Å². The van der Waals surface area contributed by atoms with Crippen LogP contribution in [0.4, 0.5) is 0 Å². The molecule has 5 aromatic carbocycles. The van der Waals surface area contributed by atoms with E-state index in [1.807, 2.05) is 0 Å². The van der Waals surface area contributed by atoms with Crippen LogP contribution in [0.2, 0.25) is 0 Å². The predicted molar refractivity (Wildman–Crippen MR) is 136 cm³/mol. The van der Waals surface area contributed by atoms with Gasteiger partial charge in [0.15, 0.2) is 0 Å². The third-order valence-electron chi connectivity index (χ3n) is 6.22. The highest BCUT2D eigenvalue weighted by Crippen LogP contribution is 2.43. The molecule has 0 heteroatoms. The van der Waals surface area contributed by atoms with E-state index < -0.39 is 0 Å². The smallest absolute Gasteiger partial charge is 0.00236 e. The number of rotatable bonds is 2. The van der Waals surface area contributed by atoms with Gasteiger partial charge in [-0.15, -0.1) is 0 Å². The van der Waals surface area contributed by atoms with Crippen molar-refractivity contribution in [2.75, 3.05) is 0 Å². The molecule has 0 spiro atoms. The Labute approximate surface area is 185 Å². The van der Waals surface area contributed by atoms with Gasteiger partial charge in [-0.25, -0.2) is 0 Å². The largest absolute Gasteiger partial charge is 0.0619 e. The zero-order valence-electron chi connectivity index (χ0n) is 18.7. The second-order valence-corrected chi connectivity index (χ2v) is 9.57. The van der Waals surface area contributed by atoms with Crippen LogP contribution < -0.4 is 0 Å². The summed E-state index contributed by atoms with van der Waals surface area (Å²) < 4.78 is 0. The molecular weight excluding hydrogens is 372 g/mol. The van der Waals surface area contributed by atoms with Gasteiger partial charge in [-0.2, -0.15) is 0 Å². The van der Waals surface area contributed by atoms with Crippen molar-refractivity contribution in [3.8, 4) is 22.3 Å². The van der Waals surface area contributed by atoms with E-state index >= 15 is 0 Å². The lowest BCUT2D eigenvalue weighted by molar-refractivity contribution is 0.592. The third-order valence-corrected chi connectivity index (χ3v) is 6.22. The maximum atomic E-state index is 2.37. The Bertz CT molecular complexity index is 1410. The zero-order valence-corrected chi connectivity index (χ0v) is 18.7. The third kappa shape index (κ3) is 3.53. The Morgan fingerprint density at radius 2 is 1.26 bits per heavy atom. The van der Waals surface area contributed by atoms with Crippen molar-refractivity contribution in [2.45, 2.75) is 33.1 Å². The summed E-state index contributed by atoms with van der Waals surface area (Å²) >= 11 is 0. The molecular formula is C31H28. The summed E-state index contributed by atoms with van der Waals surface area (Å²) in [4.78, 5) is 0. The van der Waals surface area contributed by atoms with Crippen molar-refractivity contribution in [3.05, 3.63) is 108 Å². The predicted octanol–water partition coefficient (Wildman–Crippen LogP) is 8.93. The molecule has 0 aliphatic carbocycles. The van der Waals surface area contributed by atoms with Crippen LogP contribution in [0, 0.1) is 6.92 Å². The monoisotopic (exact) mass is 400 g/mol. The van der Waals surface area contributed by atoms with Crippen LogP contribution in [-0.2, 0) is 5.41 Å². The van der Waals surface area contributed by atoms with Gasteiger partial charge >= 0.3 is 0 Å². The molecule has 152 valence electrons. The molecule has 0 amide bonds. The second-order valence-electron chi connectivity index (χ2n) is 9.57. The van der Waals surface area contributed by atoms with Crippen LogP contribution in [0.25, 0.3) is 43.8 Å². The van der Waals surface area contributed by atoms with Gasteiger partial charge in [-0.05, 0) is 73.8 Å². The van der Waals surface area contributed by atoms with E-state index in [9.17, 15) is 0 Å². The molecule has 5 rings (SSSR count). The molecule has 0 atom stereocenters. The Hall–Kier alpha value is -3.38. The molecule has 0 saturated heterocycles. The van der Waals surface area contributed by atoms with E-state index in [1.165, 1.54) is 54.9 Å². The summed E-state index contributed by atoms with van der Waals surface area (Å²) in [5.74, 6) is 0. The first-order valence-corrected chi connectivity index (χ1v) is 11.0. The molecule has 5 aromatic rings. The summed E-state index contributed by atoms with van der Waals surface area (Å²) in [6, 6.07) is 35.7. The quantitative estimate of drug-likeness (QED) is 0.259. The van der Waals surface area contributed by atoms with E-state index in [0.29, 0.717) is 0 Å². The first-order valence-electron chi connectivity index (χ1n) is 11.0. The first-order chi connectivity index (χ1) is 14.9. The van der Waals surface area contributed by atoms with Gasteiger partial charge in [-0.3, -0.25) is 0 Å². The summed E-state index contributed by atoms with van der Waals surface area (Å²) in [5.41, 5.74) is 7.94. The average molecular weight is 401 g/mol. The van der Waals surface area contributed by atoms with Crippen molar-refractivity contribution < 1.29 is 0 Å². The van der Waals surface area contributed by atoms with Gasteiger partial charge in [0, 0.05) is 0 Å². The SMILES string of the molecule is Cc1cccc(-c2ccc3cc4ccccc4cc3c2-c2ccccc2C(C)(C)C)c1. The zero-order chi connectivity index (χ0) is 21.6. The van der Waals surface area contributed by atoms with Crippen molar-refractivity contribution in [3.63, 3.8) is 0 Å². The van der Waals surface area contributed by atoms with Crippen molar-refractivity contribution in [1.82, 2.24) is 0 Å². The second kappa shape index (κ2) is 7.39. The molecule has 0 bridgehead atoms. The maximum Gasteiger partial charge on any atom is -0.00236 e. The Morgan fingerprint density at radius 3 is 2.00 bits per heavy atom. The summed E-state index contributed by atoms with van der Waals surface area (Å²) in [5, 5.41) is 5.17. The van der Waals surface area contributed by atoms with Gasteiger partial charge in [0.05, 0.1) is 0 Å². The van der Waals surface area contributed by atoms with Gasteiger partial charge in [-0.1, -0.05) is 111 Å². The molecule has 0 aliphatic heterocycles. The number of benzene rings is 5. The highest BCUT2D eigenvalue weighted by atomic mass is 14.3. The number of fused-ring (bicyclic) bond motifs is 2. The lowest BCUT2D eigenvalue weighted by atomic mass is 9.79. The maximum absolute atomic E-state index is 2.37. The minimum Gasteiger partial charge on any atom is -0.0619 e. The summed E-state index contributed by atoms with van der Waals surface area (Å²) in [6.07, 6.45) is 0. The normalized spacial score (nSPS) is 11.9. The number of hydrogen-bond donors (Lipinski definition) is 0. The standard InChI is InChI=1S/C31H28/c1-21-10-9-13-24(18-21)26-17-16-25-19-22-11-5-6-12-23(22)20-28(25)30(26)27-14-7-8-15-29(27)31(2,3)4/h5-20H,1-4H3. The number of hydrogen-bond acceptors (Lipinski definition) is 0. The average Bonchev–Trinajstić information content (AvgIpc) is 2.76. The highest BCUT2D eigenvalue weighted by molar-refractivity contribution is 6.09. The minimum absolute atomic E-state index is 0.0550. The summed E-state index contributed by atoms with van der Waals surface area (Å²) in [7, 11) is 0. The molecule has 0 saturated carbocycles. The molecule has 0 aliphatic rings. The van der Waals surface area contributed by atoms with Crippen LogP contribution >= 0.6 is 0 Å². The fraction of sp³-hybridized carbons (Fsp3) is 0.161. The Morgan fingerprint density at radius 1 is 0.548 bits per heavy atom. The molecule has 0 fully saturated rings. The van der Waals surface area contributed by atoms with Crippen LogP contribution in [-0.4, -0.2) is 0 Å². The Kier molecular flexibility index (Phi) is 4.67. The fourth-order valence-corrected chi connectivity index (χ4v) is 4.71. The topological polar surface area (TPSA) is 0 Å². The van der Waals surface area contributed by atoms with E-state index in [-0.39, 0.29) is 5.41 Å². The van der Waals surface area contributed by atoms with E-state index in [4.69, 9.17) is 0 Å². The number of aryl methyl sites for hydroxylation is 1. The van der Waals surface area contributed by atoms with Crippen LogP contribution in [0.1, 0.15) is 31.9 Å². The van der Waals surface area contributed by atoms with Crippen LogP contribution in [0.3, 0.4) is 0 Å². The first kappa shape index (κ1) is 19.6. The highest BCUT2D eigenvalue weighted by Gasteiger charge is 2.22. The molecule has 0 N–H and O–H groups in total. The van der Waals surface area contributed by atoms with Crippen molar-refractivity contribution >= 4 is 21.5 Å². The molecule has 0 unspecified atom stereocenters. The van der Waals surface area contributed by atoms with Gasteiger partial charge in [0.25, 0.3) is 0 Å². The van der Waals surface area contributed by atoms with Gasteiger partial charge in [0.1, 0.15) is 0 Å². The molecule has 0 heterocycles. The lowest BCUT2D eigenvalue weighted by Gasteiger charge is -2.25. The minimum atomic E-state index is 0.0550. The summed E-state index contributed by atoms with van der Waals surface area (Å²) in [6.45, 7) is 9.08. The van der Waals surface area contributed by atoms with Gasteiger partial charge < -0.3 is 0 Å². The molecule has 0 nitrogen and oxygen atoms in total. The van der Waals surface area contributed by atoms with Crippen LogP contribution in [0.15, 0.2) is 97.1 Å². The van der Waals surface area contributed by atoms with E-state index in [1.54, 1.807) is 0 Å². The lowest BCUT2D eigenvalue weighted by Crippen LogP contribution is -2.12. The van der Waals surface area contributed by atoms with E-state index in [0.717, 1.165) is 0 Å². The van der Waals surface area contributed by atoms with Crippen LogP contribution in [0.5, 0.6) is 0 Å². The molecule has 0 aromatic heterocycles. The van der Waals surface area contributed by atoms with Gasteiger partial charge in [0.2, 0.25) is 0 Å².